The quantitative estimate of drug-likeness (QED) is 0.863. The molecule has 0 unspecified atom stereocenters. The normalized spacial score (nSPS) is 10.5. The summed E-state index contributed by atoms with van der Waals surface area (Å²) in [5, 5.41) is 4.69. The number of nitrogens with one attached hydrogen (secondary N) is 1. The number of anilines is 1. The van der Waals surface area contributed by atoms with E-state index < -0.39 is 0 Å². The molecule has 2 aromatic rings. The molecule has 0 saturated carbocycles. The van der Waals surface area contributed by atoms with Crippen LogP contribution < -0.4 is 10.9 Å². The van der Waals surface area contributed by atoms with Gasteiger partial charge in [-0.1, -0.05) is 17.7 Å². The third-order valence-corrected chi connectivity index (χ3v) is 3.89. The maximum Gasteiger partial charge on any atom is 0.256 e. The lowest BCUT2D eigenvalue weighted by Gasteiger charge is -2.08. The average Bonchev–Trinajstić information content (AvgIpc) is 2.88. The Labute approximate surface area is 125 Å². The summed E-state index contributed by atoms with van der Waals surface area (Å²) >= 11 is 7.38. The molecule has 1 amide bonds. The highest BCUT2D eigenvalue weighted by Crippen LogP contribution is 2.12. The highest BCUT2D eigenvalue weighted by atomic mass is 35.5. The summed E-state index contributed by atoms with van der Waals surface area (Å²) in [6.07, 6.45) is 1.99. The van der Waals surface area contributed by atoms with Gasteiger partial charge in [-0.15, -0.1) is 11.3 Å². The van der Waals surface area contributed by atoms with Gasteiger partial charge < -0.3 is 0 Å². The maximum atomic E-state index is 11.8. The molecule has 0 atom stereocenters. The first-order valence-electron chi connectivity index (χ1n) is 6.12. The number of amides is 1. The number of hydrogen-bond donors (Lipinski definition) is 1. The number of thiophene rings is 1. The number of carbonyl (C=O) groups is 1. The van der Waals surface area contributed by atoms with E-state index >= 15 is 0 Å². The van der Waals surface area contributed by atoms with E-state index in [1.54, 1.807) is 11.3 Å². The van der Waals surface area contributed by atoms with Gasteiger partial charge in [-0.05, 0) is 24.3 Å². The van der Waals surface area contributed by atoms with E-state index in [2.05, 4.69) is 10.3 Å². The largest absolute Gasteiger partial charge is 0.296 e. The van der Waals surface area contributed by atoms with Gasteiger partial charge in [-0.3, -0.25) is 19.5 Å². The van der Waals surface area contributed by atoms with E-state index in [4.69, 9.17) is 11.6 Å². The maximum absolute atomic E-state index is 11.8. The Kier molecular flexibility index (Phi) is 4.92. The van der Waals surface area contributed by atoms with E-state index in [1.807, 2.05) is 17.5 Å². The van der Waals surface area contributed by atoms with Crippen molar-refractivity contribution in [2.45, 2.75) is 19.3 Å². The van der Waals surface area contributed by atoms with Crippen molar-refractivity contribution in [3.05, 3.63) is 44.0 Å². The molecule has 5 nitrogen and oxygen atoms in total. The van der Waals surface area contributed by atoms with Crippen molar-refractivity contribution in [2.75, 3.05) is 5.32 Å². The molecule has 0 bridgehead atoms. The van der Waals surface area contributed by atoms with Gasteiger partial charge in [0.15, 0.2) is 0 Å². The predicted molar refractivity (Wildman–Crippen MR) is 80.4 cm³/mol. The molecule has 1 N–H and O–H groups in total. The molecule has 0 aliphatic rings. The number of rotatable bonds is 5. The number of hydrogen-bond acceptors (Lipinski definition) is 4. The molecule has 0 spiro atoms. The van der Waals surface area contributed by atoms with Gasteiger partial charge in [0.05, 0.1) is 0 Å². The minimum Gasteiger partial charge on any atom is -0.296 e. The average molecular weight is 312 g/mol. The molecule has 106 valence electrons. The summed E-state index contributed by atoms with van der Waals surface area (Å²) < 4.78 is 1.25. The molecule has 0 radical (unpaired) electrons. The second-order valence-corrected chi connectivity index (χ2v) is 5.70. The topological polar surface area (TPSA) is 64.0 Å². The smallest absolute Gasteiger partial charge is 0.256 e. The molecule has 2 aromatic heterocycles. The molecule has 0 aliphatic carbocycles. The first-order valence-corrected chi connectivity index (χ1v) is 7.38. The van der Waals surface area contributed by atoms with Crippen molar-refractivity contribution in [1.29, 1.82) is 0 Å². The Balaban J connectivity index is 1.90. The third kappa shape index (κ3) is 3.91. The van der Waals surface area contributed by atoms with Crippen molar-refractivity contribution < 1.29 is 4.79 Å². The van der Waals surface area contributed by atoms with Crippen molar-refractivity contribution in [3.63, 3.8) is 0 Å². The van der Waals surface area contributed by atoms with Gasteiger partial charge >= 0.3 is 0 Å². The predicted octanol–water partition coefficient (Wildman–Crippen LogP) is 2.46. The Morgan fingerprint density at radius 1 is 1.55 bits per heavy atom. The van der Waals surface area contributed by atoms with Crippen LogP contribution in [0.4, 0.5) is 5.95 Å². The summed E-state index contributed by atoms with van der Waals surface area (Å²) in [5.74, 6) is -0.00468. The van der Waals surface area contributed by atoms with Gasteiger partial charge in [0.2, 0.25) is 11.9 Å². The SMILES string of the molecule is Cn1c(NC(=O)CCCc2cccs2)nc(Cl)cc1=O. The Morgan fingerprint density at radius 2 is 2.35 bits per heavy atom. The molecule has 7 heteroatoms. The van der Waals surface area contributed by atoms with Crippen molar-refractivity contribution >= 4 is 34.8 Å². The van der Waals surface area contributed by atoms with Crippen LogP contribution in [0.5, 0.6) is 0 Å². The zero-order valence-corrected chi connectivity index (χ0v) is 12.5. The molecule has 0 aromatic carbocycles. The Morgan fingerprint density at radius 3 is 3.05 bits per heavy atom. The number of aryl methyl sites for hydroxylation is 1. The second kappa shape index (κ2) is 6.67. The van der Waals surface area contributed by atoms with Gasteiger partial charge in [-0.2, -0.15) is 0 Å². The number of aromatic nitrogens is 2. The van der Waals surface area contributed by atoms with Crippen LogP contribution >= 0.6 is 22.9 Å². The lowest BCUT2D eigenvalue weighted by atomic mass is 10.2. The number of nitrogens with zero attached hydrogens (tertiary/aromatic N) is 2. The Hall–Kier alpha value is -1.66. The van der Waals surface area contributed by atoms with Crippen LogP contribution in [0.2, 0.25) is 5.15 Å². The zero-order chi connectivity index (χ0) is 14.5. The molecule has 0 saturated heterocycles. The van der Waals surface area contributed by atoms with E-state index in [9.17, 15) is 9.59 Å². The lowest BCUT2D eigenvalue weighted by Crippen LogP contribution is -2.24. The van der Waals surface area contributed by atoms with Crippen LogP contribution in [0.3, 0.4) is 0 Å². The highest BCUT2D eigenvalue weighted by molar-refractivity contribution is 7.09. The lowest BCUT2D eigenvalue weighted by molar-refractivity contribution is -0.116. The van der Waals surface area contributed by atoms with Crippen molar-refractivity contribution in [2.24, 2.45) is 7.05 Å². The Bertz CT molecular complexity index is 652. The molecular formula is C13H14ClN3O2S. The summed E-state index contributed by atoms with van der Waals surface area (Å²) in [5.41, 5.74) is -0.307. The van der Waals surface area contributed by atoms with Crippen LogP contribution in [-0.4, -0.2) is 15.5 Å². The minimum absolute atomic E-state index is 0.0713. The standard InChI is InChI=1S/C13H14ClN3O2S/c1-17-12(19)8-10(14)15-13(17)16-11(18)6-2-4-9-5-3-7-20-9/h3,5,7-8H,2,4,6H2,1H3,(H,15,16,18). The highest BCUT2D eigenvalue weighted by Gasteiger charge is 2.08. The van der Waals surface area contributed by atoms with E-state index in [1.165, 1.54) is 22.6 Å². The van der Waals surface area contributed by atoms with Gasteiger partial charge in [0.25, 0.3) is 5.56 Å². The summed E-state index contributed by atoms with van der Waals surface area (Å²) in [6.45, 7) is 0. The third-order valence-electron chi connectivity index (χ3n) is 2.76. The van der Waals surface area contributed by atoms with Crippen LogP contribution in [0.1, 0.15) is 17.7 Å². The van der Waals surface area contributed by atoms with Crippen molar-refractivity contribution in [3.8, 4) is 0 Å². The number of carbonyl (C=O) groups excluding carboxylic acids is 1. The fourth-order valence-electron chi connectivity index (χ4n) is 1.69. The van der Waals surface area contributed by atoms with Crippen molar-refractivity contribution in [1.82, 2.24) is 9.55 Å². The van der Waals surface area contributed by atoms with Gasteiger partial charge in [0, 0.05) is 24.4 Å². The first-order chi connectivity index (χ1) is 9.56. The molecular weight excluding hydrogens is 298 g/mol. The van der Waals surface area contributed by atoms with E-state index in [0.29, 0.717) is 6.42 Å². The fraction of sp³-hybridized carbons (Fsp3) is 0.308. The second-order valence-electron chi connectivity index (χ2n) is 4.28. The van der Waals surface area contributed by atoms with Crippen LogP contribution in [0.15, 0.2) is 28.4 Å². The number of halogens is 1. The molecule has 2 rings (SSSR count). The minimum atomic E-state index is -0.307. The summed E-state index contributed by atoms with van der Waals surface area (Å²) in [4.78, 5) is 28.5. The summed E-state index contributed by atoms with van der Waals surface area (Å²) in [6, 6.07) is 5.24. The fourth-order valence-corrected chi connectivity index (χ4v) is 2.61. The molecule has 0 aliphatic heterocycles. The molecule has 20 heavy (non-hydrogen) atoms. The summed E-state index contributed by atoms with van der Waals surface area (Å²) in [7, 11) is 1.53. The molecule has 0 fully saturated rings. The monoisotopic (exact) mass is 311 g/mol. The first kappa shape index (κ1) is 14.7. The molecule has 2 heterocycles. The van der Waals surface area contributed by atoms with E-state index in [-0.39, 0.29) is 22.6 Å². The zero-order valence-electron chi connectivity index (χ0n) is 10.9. The van der Waals surface area contributed by atoms with Gasteiger partial charge in [0.1, 0.15) is 5.15 Å². The van der Waals surface area contributed by atoms with Gasteiger partial charge in [-0.25, -0.2) is 4.98 Å². The van der Waals surface area contributed by atoms with E-state index in [0.717, 1.165) is 12.8 Å². The van der Waals surface area contributed by atoms with Crippen LogP contribution in [0, 0.1) is 0 Å². The van der Waals surface area contributed by atoms with Crippen LogP contribution in [-0.2, 0) is 18.3 Å². The van der Waals surface area contributed by atoms with Crippen LogP contribution in [0.25, 0.3) is 0 Å².